The van der Waals surface area contributed by atoms with Crippen molar-refractivity contribution in [1.29, 1.82) is 0 Å². The molecule has 0 amide bonds. The predicted molar refractivity (Wildman–Crippen MR) is 238 cm³/mol. The summed E-state index contributed by atoms with van der Waals surface area (Å²) in [6.07, 6.45) is 3.00. The summed E-state index contributed by atoms with van der Waals surface area (Å²) in [4.78, 5) is 28.6. The number of ketones is 2. The van der Waals surface area contributed by atoms with E-state index in [0.717, 1.165) is 69.2 Å². The van der Waals surface area contributed by atoms with Gasteiger partial charge < -0.3 is 19.3 Å². The number of nitrogens with zero attached hydrogens (tertiary/aromatic N) is 2. The van der Waals surface area contributed by atoms with Crippen LogP contribution in [-0.2, 0) is 27.2 Å². The molecule has 0 unspecified atom stereocenters. The van der Waals surface area contributed by atoms with Crippen molar-refractivity contribution in [2.24, 2.45) is 0 Å². The van der Waals surface area contributed by atoms with E-state index < -0.39 is 0 Å². The number of benzene rings is 6. The lowest BCUT2D eigenvalue weighted by molar-refractivity contribution is -0.120. The highest BCUT2D eigenvalue weighted by molar-refractivity contribution is 5.84. The summed E-state index contributed by atoms with van der Waals surface area (Å²) in [6.45, 7) is 15.1. The number of carbonyl (C=O) groups excluding carboxylic acids is 2. The van der Waals surface area contributed by atoms with E-state index >= 15 is 0 Å². The van der Waals surface area contributed by atoms with E-state index in [2.05, 4.69) is 173 Å². The molecule has 57 heavy (non-hydrogen) atoms. The van der Waals surface area contributed by atoms with Gasteiger partial charge in [-0.1, -0.05) is 48.5 Å². The second kappa shape index (κ2) is 18.4. The number of methoxy groups -OCH3 is 1. The van der Waals surface area contributed by atoms with E-state index in [0.29, 0.717) is 25.9 Å². The summed E-state index contributed by atoms with van der Waals surface area (Å²) in [7, 11) is 1.63. The van der Waals surface area contributed by atoms with Gasteiger partial charge in [0.2, 0.25) is 0 Å². The lowest BCUT2D eigenvalue weighted by atomic mass is 9.98. The summed E-state index contributed by atoms with van der Waals surface area (Å²) in [5.74, 6) is 0.436. The van der Waals surface area contributed by atoms with Crippen LogP contribution in [0.2, 0.25) is 0 Å². The Hall–Kier alpha value is -5.78. The minimum atomic E-state index is 0.209. The third kappa shape index (κ3) is 9.97. The molecule has 0 aromatic heterocycles. The quantitative estimate of drug-likeness (QED) is 0.0984. The van der Waals surface area contributed by atoms with Gasteiger partial charge in [0.05, 0.1) is 6.61 Å². The summed E-state index contributed by atoms with van der Waals surface area (Å²) >= 11 is 0. The smallest absolute Gasteiger partial charge is 0.135 e. The summed E-state index contributed by atoms with van der Waals surface area (Å²) < 4.78 is 5.08. The lowest BCUT2D eigenvalue weighted by Gasteiger charge is -2.29. The minimum Gasteiger partial charge on any atom is -0.384 e. The van der Waals surface area contributed by atoms with Crippen LogP contribution in [0, 0.1) is 41.5 Å². The number of hydrogen-bond donors (Lipinski definition) is 0. The van der Waals surface area contributed by atoms with Gasteiger partial charge in [0.25, 0.3) is 0 Å². The first-order chi connectivity index (χ1) is 27.4. The van der Waals surface area contributed by atoms with Crippen LogP contribution >= 0.6 is 0 Å². The molecule has 0 fully saturated rings. The van der Waals surface area contributed by atoms with Gasteiger partial charge in [-0.25, -0.2) is 0 Å². The lowest BCUT2D eigenvalue weighted by Crippen LogP contribution is -2.12. The molecule has 0 saturated heterocycles. The zero-order valence-electron chi connectivity index (χ0n) is 34.9. The maximum Gasteiger partial charge on any atom is 0.135 e. The van der Waals surface area contributed by atoms with Crippen LogP contribution in [0.25, 0.3) is 11.1 Å². The van der Waals surface area contributed by atoms with Gasteiger partial charge in [0.15, 0.2) is 0 Å². The maximum absolute atomic E-state index is 12.3. The number of carbonyl (C=O) groups is 2. The van der Waals surface area contributed by atoms with Gasteiger partial charge in [0, 0.05) is 60.5 Å². The Bertz CT molecular complexity index is 2360. The fraction of sp³-hybridized carbons (Fsp3) is 0.269. The Morgan fingerprint density at radius 1 is 0.456 bits per heavy atom. The molecule has 0 N–H and O–H groups in total. The second-order valence-electron chi connectivity index (χ2n) is 15.5. The van der Waals surface area contributed by atoms with Crippen molar-refractivity contribution in [2.75, 3.05) is 23.5 Å². The van der Waals surface area contributed by atoms with Crippen LogP contribution < -0.4 is 9.80 Å². The molecule has 0 radical (unpaired) electrons. The summed E-state index contributed by atoms with van der Waals surface area (Å²) in [5, 5.41) is 0. The fourth-order valence-electron chi connectivity index (χ4n) is 7.32. The van der Waals surface area contributed by atoms with E-state index in [4.69, 9.17) is 4.74 Å². The van der Waals surface area contributed by atoms with E-state index in [1.54, 1.807) is 14.0 Å². The van der Waals surface area contributed by atoms with Crippen molar-refractivity contribution in [1.82, 2.24) is 0 Å². The number of aryl methyl sites for hydroxylation is 8. The highest BCUT2D eigenvalue weighted by atomic mass is 16.5. The van der Waals surface area contributed by atoms with Crippen molar-refractivity contribution >= 4 is 45.7 Å². The first-order valence-electron chi connectivity index (χ1n) is 20.1. The molecular formula is C52H56N2O3. The monoisotopic (exact) mass is 756 g/mol. The molecule has 0 heterocycles. The standard InChI is InChI=1S/C52H56N2O3/c1-35-9-20-48(33-37(35)3)53(46-22-13-42(14-23-46)12-11-41(7)55)51-27-18-44(31-39(51)5)45-19-28-52(40(6)32-45)54(49-21-10-36(2)38(4)34-49)47-24-15-43(16-25-47)17-26-50(56)29-30-57-8/h9-10,13-16,18-25,27-28,31-34H,11-12,17,26,29-30H2,1-8H3. The van der Waals surface area contributed by atoms with Crippen LogP contribution in [0.3, 0.4) is 0 Å². The van der Waals surface area contributed by atoms with Gasteiger partial charge in [-0.15, -0.1) is 0 Å². The van der Waals surface area contributed by atoms with Crippen molar-refractivity contribution < 1.29 is 14.3 Å². The average Bonchev–Trinajstić information content (AvgIpc) is 3.20. The minimum absolute atomic E-state index is 0.209. The Balaban J connectivity index is 1.32. The first-order valence-corrected chi connectivity index (χ1v) is 20.1. The zero-order valence-corrected chi connectivity index (χ0v) is 34.9. The third-order valence-corrected chi connectivity index (χ3v) is 11.1. The topological polar surface area (TPSA) is 49.9 Å². The van der Waals surface area contributed by atoms with E-state index in [9.17, 15) is 9.59 Å². The normalized spacial score (nSPS) is 11.1. The van der Waals surface area contributed by atoms with Crippen molar-refractivity contribution in [3.05, 3.63) is 166 Å². The number of ether oxygens (including phenoxy) is 1. The molecule has 0 saturated carbocycles. The highest BCUT2D eigenvalue weighted by Crippen LogP contribution is 2.41. The number of hydrogen-bond acceptors (Lipinski definition) is 5. The molecule has 6 aromatic rings. The average molecular weight is 757 g/mol. The Morgan fingerprint density at radius 2 is 0.877 bits per heavy atom. The summed E-state index contributed by atoms with van der Waals surface area (Å²) in [5.41, 5.74) is 18.6. The molecule has 5 heteroatoms. The molecule has 0 atom stereocenters. The van der Waals surface area contributed by atoms with Crippen molar-refractivity contribution in [3.8, 4) is 11.1 Å². The Kier molecular flexibility index (Phi) is 13.2. The molecule has 6 rings (SSSR count). The molecule has 0 aliphatic carbocycles. The molecule has 0 spiro atoms. The van der Waals surface area contributed by atoms with Gasteiger partial charge in [-0.2, -0.15) is 0 Å². The first kappa shape index (κ1) is 40.9. The van der Waals surface area contributed by atoms with E-state index in [-0.39, 0.29) is 11.6 Å². The van der Waals surface area contributed by atoms with Gasteiger partial charge in [-0.3, -0.25) is 4.79 Å². The number of anilines is 6. The third-order valence-electron chi connectivity index (χ3n) is 11.1. The van der Waals surface area contributed by atoms with Crippen LogP contribution in [0.5, 0.6) is 0 Å². The maximum atomic E-state index is 12.3. The second-order valence-corrected chi connectivity index (χ2v) is 15.5. The number of Topliss-reactive ketones (excluding diaryl/α,β-unsaturated/α-hetero) is 2. The largest absolute Gasteiger partial charge is 0.384 e. The van der Waals surface area contributed by atoms with Crippen molar-refractivity contribution in [2.45, 2.75) is 80.6 Å². The van der Waals surface area contributed by atoms with Crippen LogP contribution in [0.4, 0.5) is 34.1 Å². The van der Waals surface area contributed by atoms with Crippen molar-refractivity contribution in [3.63, 3.8) is 0 Å². The van der Waals surface area contributed by atoms with Gasteiger partial charge >= 0.3 is 0 Å². The highest BCUT2D eigenvalue weighted by Gasteiger charge is 2.19. The van der Waals surface area contributed by atoms with Gasteiger partial charge in [-0.05, 0) is 190 Å². The fourth-order valence-corrected chi connectivity index (χ4v) is 7.32. The molecule has 0 aliphatic rings. The zero-order chi connectivity index (χ0) is 40.6. The molecule has 6 aromatic carbocycles. The molecule has 5 nitrogen and oxygen atoms in total. The van der Waals surface area contributed by atoms with E-state index in [1.807, 2.05) is 0 Å². The predicted octanol–water partition coefficient (Wildman–Crippen LogP) is 13.2. The molecule has 292 valence electrons. The molecule has 0 bridgehead atoms. The Labute approximate surface area is 340 Å². The van der Waals surface area contributed by atoms with Crippen LogP contribution in [0.1, 0.15) is 70.7 Å². The van der Waals surface area contributed by atoms with Crippen LogP contribution in [0.15, 0.2) is 121 Å². The number of rotatable bonds is 16. The Morgan fingerprint density at radius 3 is 1.26 bits per heavy atom. The molecule has 0 aliphatic heterocycles. The van der Waals surface area contributed by atoms with E-state index in [1.165, 1.54) is 33.4 Å². The van der Waals surface area contributed by atoms with Gasteiger partial charge in [0.1, 0.15) is 11.6 Å². The molecular weight excluding hydrogens is 701 g/mol. The van der Waals surface area contributed by atoms with Crippen LogP contribution in [-0.4, -0.2) is 25.3 Å². The SMILES string of the molecule is COCCC(=O)CCc1ccc(N(c2ccc(C)c(C)c2)c2ccc(-c3ccc(N(c4ccc(CCC(C)=O)cc4)c4ccc(C)c(C)c4)c(C)c3)cc2C)cc1. The summed E-state index contributed by atoms with van der Waals surface area (Å²) in [6, 6.07) is 44.0.